The molecule has 0 saturated carbocycles. The number of nitrogens with zero attached hydrogens (tertiary/aromatic N) is 1. The van der Waals surface area contributed by atoms with Crippen LogP contribution in [-0.2, 0) is 16.0 Å². The van der Waals surface area contributed by atoms with Gasteiger partial charge in [0.05, 0.1) is 5.69 Å². The van der Waals surface area contributed by atoms with Crippen LogP contribution in [0, 0.1) is 0 Å². The number of hydrogen-bond acceptors (Lipinski definition) is 4. The lowest BCUT2D eigenvalue weighted by Crippen LogP contribution is -2.29. The molecular formula is C14H19N3O2. The summed E-state index contributed by atoms with van der Waals surface area (Å²) >= 11 is 0. The van der Waals surface area contributed by atoms with Crippen molar-refractivity contribution < 1.29 is 9.47 Å². The normalized spacial score (nSPS) is 11.1. The van der Waals surface area contributed by atoms with Crippen molar-refractivity contribution in [1.29, 1.82) is 0 Å². The molecule has 0 unspecified atom stereocenters. The van der Waals surface area contributed by atoms with Gasteiger partial charge in [0, 0.05) is 33.5 Å². The van der Waals surface area contributed by atoms with Crippen LogP contribution in [0.1, 0.15) is 5.56 Å². The average Bonchev–Trinajstić information content (AvgIpc) is 2.98. The quantitative estimate of drug-likeness (QED) is 0.746. The third kappa shape index (κ3) is 3.89. The molecule has 2 N–H and O–H groups in total. The maximum atomic E-state index is 5.11. The molecule has 0 atom stereocenters. The molecule has 1 aromatic carbocycles. The van der Waals surface area contributed by atoms with Gasteiger partial charge in [0.15, 0.2) is 6.29 Å². The van der Waals surface area contributed by atoms with E-state index in [0.717, 1.165) is 17.8 Å². The predicted octanol–water partition coefficient (Wildman–Crippen LogP) is 1.79. The smallest absolute Gasteiger partial charge is 0.169 e. The molecule has 0 amide bonds. The largest absolute Gasteiger partial charge is 0.355 e. The van der Waals surface area contributed by atoms with Gasteiger partial charge in [-0.1, -0.05) is 24.3 Å². The Bertz CT molecular complexity index is 464. The second kappa shape index (κ2) is 7.04. The predicted molar refractivity (Wildman–Crippen MR) is 73.5 cm³/mol. The van der Waals surface area contributed by atoms with Gasteiger partial charge < -0.3 is 14.8 Å². The minimum absolute atomic E-state index is 0.204. The Labute approximate surface area is 112 Å². The number of nitrogens with one attached hydrogen (secondary N) is 2. The van der Waals surface area contributed by atoms with Crippen molar-refractivity contribution in [3.63, 3.8) is 0 Å². The van der Waals surface area contributed by atoms with Crippen LogP contribution in [0.25, 0.3) is 11.3 Å². The molecule has 0 bridgehead atoms. The van der Waals surface area contributed by atoms with Gasteiger partial charge in [0.2, 0.25) is 0 Å². The SMILES string of the molecule is COC(CNCc1ccc(-c2ccn[nH]2)cc1)OC. The van der Waals surface area contributed by atoms with E-state index in [2.05, 4.69) is 39.8 Å². The fourth-order valence-corrected chi connectivity index (χ4v) is 1.82. The first-order chi connectivity index (χ1) is 9.33. The molecule has 0 saturated heterocycles. The van der Waals surface area contributed by atoms with Crippen LogP contribution in [-0.4, -0.2) is 37.3 Å². The first-order valence-corrected chi connectivity index (χ1v) is 6.18. The molecule has 5 nitrogen and oxygen atoms in total. The van der Waals surface area contributed by atoms with Gasteiger partial charge >= 0.3 is 0 Å². The Hall–Kier alpha value is -1.69. The Morgan fingerprint density at radius 3 is 2.47 bits per heavy atom. The van der Waals surface area contributed by atoms with E-state index in [4.69, 9.17) is 9.47 Å². The van der Waals surface area contributed by atoms with E-state index >= 15 is 0 Å². The molecule has 2 rings (SSSR count). The average molecular weight is 261 g/mol. The lowest BCUT2D eigenvalue weighted by Gasteiger charge is -2.14. The Morgan fingerprint density at radius 1 is 1.16 bits per heavy atom. The van der Waals surface area contributed by atoms with E-state index in [0.29, 0.717) is 6.54 Å². The molecule has 0 fully saturated rings. The molecule has 102 valence electrons. The maximum absolute atomic E-state index is 5.11. The van der Waals surface area contributed by atoms with Crippen LogP contribution in [0.4, 0.5) is 0 Å². The molecule has 5 heteroatoms. The second-order valence-electron chi connectivity index (χ2n) is 4.20. The monoisotopic (exact) mass is 261 g/mol. The number of rotatable bonds is 7. The Balaban J connectivity index is 1.85. The first kappa shape index (κ1) is 13.7. The molecule has 0 aliphatic rings. The van der Waals surface area contributed by atoms with Crippen molar-refractivity contribution in [2.75, 3.05) is 20.8 Å². The van der Waals surface area contributed by atoms with Gasteiger partial charge in [0.1, 0.15) is 0 Å². The van der Waals surface area contributed by atoms with Gasteiger partial charge in [-0.3, -0.25) is 5.10 Å². The zero-order chi connectivity index (χ0) is 13.5. The van der Waals surface area contributed by atoms with Crippen molar-refractivity contribution in [3.05, 3.63) is 42.1 Å². The molecule has 0 aliphatic heterocycles. The van der Waals surface area contributed by atoms with Gasteiger partial charge in [-0.15, -0.1) is 0 Å². The number of hydrogen-bond donors (Lipinski definition) is 2. The molecule has 1 heterocycles. The summed E-state index contributed by atoms with van der Waals surface area (Å²) in [4.78, 5) is 0. The molecule has 0 aliphatic carbocycles. The zero-order valence-electron chi connectivity index (χ0n) is 11.2. The number of ether oxygens (including phenoxy) is 2. The Kier molecular flexibility index (Phi) is 5.09. The van der Waals surface area contributed by atoms with Crippen LogP contribution < -0.4 is 5.32 Å². The molecule has 0 radical (unpaired) electrons. The van der Waals surface area contributed by atoms with Crippen LogP contribution in [0.15, 0.2) is 36.5 Å². The summed E-state index contributed by atoms with van der Waals surface area (Å²) in [5.74, 6) is 0. The summed E-state index contributed by atoms with van der Waals surface area (Å²) in [6.07, 6.45) is 1.55. The van der Waals surface area contributed by atoms with Crippen LogP contribution in [0.3, 0.4) is 0 Å². The summed E-state index contributed by atoms with van der Waals surface area (Å²) in [6.45, 7) is 1.45. The van der Waals surface area contributed by atoms with Crippen LogP contribution >= 0.6 is 0 Å². The maximum Gasteiger partial charge on any atom is 0.169 e. The van der Waals surface area contributed by atoms with Crippen LogP contribution in [0.5, 0.6) is 0 Å². The minimum atomic E-state index is -0.204. The fraction of sp³-hybridized carbons (Fsp3) is 0.357. The second-order valence-corrected chi connectivity index (χ2v) is 4.20. The fourth-order valence-electron chi connectivity index (χ4n) is 1.82. The van der Waals surface area contributed by atoms with E-state index in [-0.39, 0.29) is 6.29 Å². The number of methoxy groups -OCH3 is 2. The van der Waals surface area contributed by atoms with Crippen molar-refractivity contribution in [1.82, 2.24) is 15.5 Å². The Morgan fingerprint density at radius 2 is 1.89 bits per heavy atom. The highest BCUT2D eigenvalue weighted by molar-refractivity contribution is 5.58. The van der Waals surface area contributed by atoms with E-state index in [1.807, 2.05) is 6.07 Å². The molecule has 19 heavy (non-hydrogen) atoms. The highest BCUT2D eigenvalue weighted by Crippen LogP contribution is 2.16. The molecular weight excluding hydrogens is 242 g/mol. The number of benzene rings is 1. The topological polar surface area (TPSA) is 59.2 Å². The zero-order valence-corrected chi connectivity index (χ0v) is 11.2. The van der Waals surface area contributed by atoms with Crippen molar-refractivity contribution >= 4 is 0 Å². The van der Waals surface area contributed by atoms with Crippen molar-refractivity contribution in [2.24, 2.45) is 0 Å². The number of aromatic amines is 1. The summed E-state index contributed by atoms with van der Waals surface area (Å²) in [6, 6.07) is 10.3. The van der Waals surface area contributed by atoms with Gasteiger partial charge in [-0.05, 0) is 17.2 Å². The van der Waals surface area contributed by atoms with Gasteiger partial charge in [-0.25, -0.2) is 0 Å². The van der Waals surface area contributed by atoms with Crippen molar-refractivity contribution in [3.8, 4) is 11.3 Å². The van der Waals surface area contributed by atoms with E-state index < -0.39 is 0 Å². The van der Waals surface area contributed by atoms with Crippen LogP contribution in [0.2, 0.25) is 0 Å². The number of aromatic nitrogens is 2. The summed E-state index contributed by atoms with van der Waals surface area (Å²) in [5, 5.41) is 10.2. The van der Waals surface area contributed by atoms with Gasteiger partial charge in [-0.2, -0.15) is 5.10 Å². The van der Waals surface area contributed by atoms with E-state index in [1.165, 1.54) is 5.56 Å². The minimum Gasteiger partial charge on any atom is -0.355 e. The lowest BCUT2D eigenvalue weighted by atomic mass is 10.1. The number of H-pyrrole nitrogens is 1. The first-order valence-electron chi connectivity index (χ1n) is 6.18. The third-order valence-corrected chi connectivity index (χ3v) is 2.93. The highest BCUT2D eigenvalue weighted by Gasteiger charge is 2.04. The summed E-state index contributed by atoms with van der Waals surface area (Å²) in [5.41, 5.74) is 3.38. The summed E-state index contributed by atoms with van der Waals surface area (Å²) < 4.78 is 10.2. The molecule has 2 aromatic rings. The standard InChI is InChI=1S/C14H19N3O2/c1-18-14(19-2)10-15-9-11-3-5-12(6-4-11)13-7-8-16-17-13/h3-8,14-15H,9-10H2,1-2H3,(H,16,17). The van der Waals surface area contributed by atoms with E-state index in [1.54, 1.807) is 20.4 Å². The third-order valence-electron chi connectivity index (χ3n) is 2.93. The summed E-state index contributed by atoms with van der Waals surface area (Å²) in [7, 11) is 3.27. The molecule has 1 aromatic heterocycles. The lowest BCUT2D eigenvalue weighted by molar-refractivity contribution is -0.0989. The van der Waals surface area contributed by atoms with E-state index in [9.17, 15) is 0 Å². The van der Waals surface area contributed by atoms with Crippen molar-refractivity contribution in [2.45, 2.75) is 12.8 Å². The highest BCUT2D eigenvalue weighted by atomic mass is 16.7. The van der Waals surface area contributed by atoms with Gasteiger partial charge in [0.25, 0.3) is 0 Å². The molecule has 0 spiro atoms.